The summed E-state index contributed by atoms with van der Waals surface area (Å²) in [5.74, 6) is 0.757. The van der Waals surface area contributed by atoms with Crippen LogP contribution in [0.4, 0.5) is 0 Å². The summed E-state index contributed by atoms with van der Waals surface area (Å²) in [4.78, 5) is 14.0. The number of aliphatic hydroxyl groups excluding tert-OH is 1. The molecule has 1 heterocycles. The van der Waals surface area contributed by atoms with Gasteiger partial charge in [-0.2, -0.15) is 0 Å². The van der Waals surface area contributed by atoms with E-state index < -0.39 is 0 Å². The number of nitrogens with one attached hydrogen (secondary N) is 1. The van der Waals surface area contributed by atoms with Gasteiger partial charge in [0.1, 0.15) is 5.76 Å². The second-order valence-electron chi connectivity index (χ2n) is 4.74. The molecule has 1 unspecified atom stereocenters. The van der Waals surface area contributed by atoms with Crippen molar-refractivity contribution in [3.8, 4) is 0 Å². The van der Waals surface area contributed by atoms with Gasteiger partial charge in [0.05, 0.1) is 18.8 Å². The first-order valence-corrected chi connectivity index (χ1v) is 6.76. The number of rotatable bonds is 9. The third-order valence-corrected chi connectivity index (χ3v) is 3.23. The molecule has 0 fully saturated rings. The van der Waals surface area contributed by atoms with E-state index in [1.807, 2.05) is 24.9 Å². The van der Waals surface area contributed by atoms with Gasteiger partial charge >= 0.3 is 0 Å². The standard InChI is InChI=1S/C14H24N2O3/c1-12(16(2)8-4-3-5-9-17)14(18)15-11-13-7-6-10-19-13/h6-7,10,12,17H,3-5,8-9,11H2,1-2H3,(H,15,18). The highest BCUT2D eigenvalue weighted by Gasteiger charge is 2.17. The summed E-state index contributed by atoms with van der Waals surface area (Å²) >= 11 is 0. The van der Waals surface area contributed by atoms with Crippen molar-refractivity contribution in [2.45, 2.75) is 38.8 Å². The van der Waals surface area contributed by atoms with Gasteiger partial charge in [-0.05, 0) is 51.9 Å². The lowest BCUT2D eigenvalue weighted by Crippen LogP contribution is -2.43. The van der Waals surface area contributed by atoms with Crippen molar-refractivity contribution in [1.29, 1.82) is 0 Å². The molecule has 0 saturated carbocycles. The van der Waals surface area contributed by atoms with Gasteiger partial charge in [-0.15, -0.1) is 0 Å². The molecule has 0 saturated heterocycles. The predicted molar refractivity (Wildman–Crippen MR) is 73.6 cm³/mol. The third-order valence-electron chi connectivity index (χ3n) is 3.23. The number of amides is 1. The molecule has 0 bridgehead atoms. The van der Waals surface area contributed by atoms with Crippen molar-refractivity contribution in [2.75, 3.05) is 20.2 Å². The molecule has 108 valence electrons. The Kier molecular flexibility index (Phi) is 7.22. The minimum absolute atomic E-state index is 0.000980. The maximum Gasteiger partial charge on any atom is 0.237 e. The fourth-order valence-electron chi connectivity index (χ4n) is 1.78. The molecule has 0 radical (unpaired) electrons. The number of unbranched alkanes of at least 4 members (excludes halogenated alkanes) is 2. The fourth-order valence-corrected chi connectivity index (χ4v) is 1.78. The van der Waals surface area contributed by atoms with Gasteiger partial charge in [0.2, 0.25) is 5.91 Å². The zero-order valence-corrected chi connectivity index (χ0v) is 11.8. The van der Waals surface area contributed by atoms with Crippen LogP contribution in [0.1, 0.15) is 31.9 Å². The molecule has 1 aromatic rings. The van der Waals surface area contributed by atoms with Gasteiger partial charge in [-0.25, -0.2) is 0 Å². The van der Waals surface area contributed by atoms with Gasteiger partial charge in [0.25, 0.3) is 0 Å². The Bertz CT molecular complexity index is 352. The number of hydrogen-bond donors (Lipinski definition) is 2. The topological polar surface area (TPSA) is 65.7 Å². The highest BCUT2D eigenvalue weighted by Crippen LogP contribution is 2.03. The smallest absolute Gasteiger partial charge is 0.237 e. The number of nitrogens with zero attached hydrogens (tertiary/aromatic N) is 1. The van der Waals surface area contributed by atoms with E-state index >= 15 is 0 Å². The van der Waals surface area contributed by atoms with Crippen molar-refractivity contribution in [3.63, 3.8) is 0 Å². The third kappa shape index (κ3) is 5.89. The lowest BCUT2D eigenvalue weighted by Gasteiger charge is -2.23. The van der Waals surface area contributed by atoms with E-state index in [9.17, 15) is 4.79 Å². The maximum absolute atomic E-state index is 11.9. The summed E-state index contributed by atoms with van der Waals surface area (Å²) in [5, 5.41) is 11.6. The van der Waals surface area contributed by atoms with E-state index in [1.165, 1.54) is 0 Å². The summed E-state index contributed by atoms with van der Waals surface area (Å²) in [6, 6.07) is 3.48. The molecular weight excluding hydrogens is 244 g/mol. The second kappa shape index (κ2) is 8.72. The number of likely N-dealkylation sites (N-methyl/N-ethyl adjacent to an activating group) is 1. The van der Waals surface area contributed by atoms with Crippen LogP contribution in [-0.2, 0) is 11.3 Å². The highest BCUT2D eigenvalue weighted by molar-refractivity contribution is 5.81. The Morgan fingerprint density at radius 1 is 1.47 bits per heavy atom. The molecule has 5 nitrogen and oxygen atoms in total. The molecule has 1 atom stereocenters. The maximum atomic E-state index is 11.9. The molecular formula is C14H24N2O3. The van der Waals surface area contributed by atoms with E-state index in [4.69, 9.17) is 9.52 Å². The van der Waals surface area contributed by atoms with Crippen LogP contribution in [0, 0.1) is 0 Å². The Labute approximate surface area is 114 Å². The van der Waals surface area contributed by atoms with Crippen LogP contribution in [-0.4, -0.2) is 42.2 Å². The largest absolute Gasteiger partial charge is 0.467 e. The van der Waals surface area contributed by atoms with E-state index in [1.54, 1.807) is 12.3 Å². The lowest BCUT2D eigenvalue weighted by atomic mass is 10.2. The van der Waals surface area contributed by atoms with Crippen LogP contribution in [0.3, 0.4) is 0 Å². The Morgan fingerprint density at radius 3 is 2.89 bits per heavy atom. The summed E-state index contributed by atoms with van der Waals surface area (Å²) in [5.41, 5.74) is 0. The average molecular weight is 268 g/mol. The molecule has 0 spiro atoms. The molecule has 0 aliphatic rings. The van der Waals surface area contributed by atoms with E-state index in [-0.39, 0.29) is 18.6 Å². The van der Waals surface area contributed by atoms with Crippen LogP contribution in [0.2, 0.25) is 0 Å². The summed E-state index contributed by atoms with van der Waals surface area (Å²) in [7, 11) is 1.94. The van der Waals surface area contributed by atoms with E-state index in [0.717, 1.165) is 31.6 Å². The normalized spacial score (nSPS) is 12.6. The number of carbonyl (C=O) groups is 1. The molecule has 1 rings (SSSR count). The Balaban J connectivity index is 2.22. The first-order chi connectivity index (χ1) is 9.15. The molecule has 19 heavy (non-hydrogen) atoms. The quantitative estimate of drug-likeness (QED) is 0.664. The molecule has 5 heteroatoms. The number of furan rings is 1. The van der Waals surface area contributed by atoms with Gasteiger partial charge in [0, 0.05) is 6.61 Å². The van der Waals surface area contributed by atoms with Crippen molar-refractivity contribution in [3.05, 3.63) is 24.2 Å². The molecule has 0 aromatic carbocycles. The zero-order valence-electron chi connectivity index (χ0n) is 11.8. The number of aliphatic hydroxyl groups is 1. The minimum Gasteiger partial charge on any atom is -0.467 e. The average Bonchev–Trinajstić information content (AvgIpc) is 2.93. The zero-order chi connectivity index (χ0) is 14.1. The summed E-state index contributed by atoms with van der Waals surface area (Å²) < 4.78 is 5.16. The molecule has 0 aliphatic heterocycles. The molecule has 1 amide bonds. The highest BCUT2D eigenvalue weighted by atomic mass is 16.3. The fraction of sp³-hybridized carbons (Fsp3) is 0.643. The van der Waals surface area contributed by atoms with Gasteiger partial charge < -0.3 is 14.8 Å². The van der Waals surface area contributed by atoms with Crippen LogP contribution in [0.25, 0.3) is 0 Å². The molecule has 1 aromatic heterocycles. The first-order valence-electron chi connectivity index (χ1n) is 6.76. The SMILES string of the molecule is CC(C(=O)NCc1ccco1)N(C)CCCCCO. The predicted octanol–water partition coefficient (Wildman–Crippen LogP) is 1.38. The monoisotopic (exact) mass is 268 g/mol. The van der Waals surface area contributed by atoms with Crippen molar-refractivity contribution in [2.24, 2.45) is 0 Å². The van der Waals surface area contributed by atoms with Gasteiger partial charge in [-0.3, -0.25) is 9.69 Å². The second-order valence-corrected chi connectivity index (χ2v) is 4.74. The van der Waals surface area contributed by atoms with E-state index in [0.29, 0.717) is 6.54 Å². The van der Waals surface area contributed by atoms with Crippen molar-refractivity contribution in [1.82, 2.24) is 10.2 Å². The lowest BCUT2D eigenvalue weighted by molar-refractivity contribution is -0.125. The minimum atomic E-state index is -0.163. The van der Waals surface area contributed by atoms with Gasteiger partial charge in [0.15, 0.2) is 0 Å². The Hall–Kier alpha value is -1.33. The van der Waals surface area contributed by atoms with Crippen molar-refractivity contribution < 1.29 is 14.3 Å². The number of hydrogen-bond acceptors (Lipinski definition) is 4. The number of carbonyl (C=O) groups excluding carboxylic acids is 1. The molecule has 2 N–H and O–H groups in total. The molecule has 0 aliphatic carbocycles. The van der Waals surface area contributed by atoms with Crippen LogP contribution in [0.15, 0.2) is 22.8 Å². The summed E-state index contributed by atoms with van der Waals surface area (Å²) in [6.45, 7) is 3.41. The van der Waals surface area contributed by atoms with Crippen molar-refractivity contribution >= 4 is 5.91 Å². The summed E-state index contributed by atoms with van der Waals surface area (Å²) in [6.07, 6.45) is 4.40. The van der Waals surface area contributed by atoms with Crippen LogP contribution in [0.5, 0.6) is 0 Å². The first kappa shape index (κ1) is 15.7. The Morgan fingerprint density at radius 2 is 2.26 bits per heavy atom. The van der Waals surface area contributed by atoms with E-state index in [2.05, 4.69) is 5.32 Å². The van der Waals surface area contributed by atoms with Gasteiger partial charge in [-0.1, -0.05) is 0 Å². The van der Waals surface area contributed by atoms with Crippen LogP contribution >= 0.6 is 0 Å². The van der Waals surface area contributed by atoms with Crippen LogP contribution < -0.4 is 5.32 Å².